The van der Waals surface area contributed by atoms with E-state index in [9.17, 15) is 9.90 Å². The molecule has 26 heavy (non-hydrogen) atoms. The second-order valence-electron chi connectivity index (χ2n) is 6.68. The molecule has 1 fully saturated rings. The SMILES string of the molecule is O=c1[nH]c(NCc2ccc(N3CCC(CO)CC3)cc2)nc2[nH]ncc12. The van der Waals surface area contributed by atoms with Gasteiger partial charge in [-0.3, -0.25) is 14.9 Å². The molecule has 0 unspecified atom stereocenters. The highest BCUT2D eigenvalue weighted by Crippen LogP contribution is 2.23. The molecule has 2 aromatic heterocycles. The van der Waals surface area contributed by atoms with E-state index in [2.05, 4.69) is 54.6 Å². The number of aliphatic hydroxyl groups excluding tert-OH is 1. The molecule has 8 heteroatoms. The fourth-order valence-corrected chi connectivity index (χ4v) is 3.31. The number of rotatable bonds is 5. The third-order valence-electron chi connectivity index (χ3n) is 4.95. The van der Waals surface area contributed by atoms with Crippen LogP contribution in [0.3, 0.4) is 0 Å². The van der Waals surface area contributed by atoms with Crippen molar-refractivity contribution in [3.05, 3.63) is 46.4 Å². The standard InChI is InChI=1S/C18H22N6O2/c25-11-13-5-7-24(8-6-13)14-3-1-12(2-4-14)9-19-18-21-16-15(10-20-23-16)17(26)22-18/h1-4,10,13,25H,5-9,11H2,(H3,19,20,21,22,23,26). The number of aliphatic hydroxyl groups is 1. The lowest BCUT2D eigenvalue weighted by molar-refractivity contribution is 0.203. The molecule has 0 spiro atoms. The van der Waals surface area contributed by atoms with Crippen LogP contribution >= 0.6 is 0 Å². The molecule has 136 valence electrons. The van der Waals surface area contributed by atoms with Crippen LogP contribution < -0.4 is 15.8 Å². The molecular weight excluding hydrogens is 332 g/mol. The highest BCUT2D eigenvalue weighted by molar-refractivity contribution is 5.73. The van der Waals surface area contributed by atoms with Gasteiger partial charge in [-0.1, -0.05) is 12.1 Å². The molecule has 3 aromatic rings. The molecular formula is C18H22N6O2. The van der Waals surface area contributed by atoms with Gasteiger partial charge >= 0.3 is 0 Å². The number of benzene rings is 1. The summed E-state index contributed by atoms with van der Waals surface area (Å²) in [4.78, 5) is 21.3. The topological polar surface area (TPSA) is 110 Å². The third kappa shape index (κ3) is 3.41. The Hall–Kier alpha value is -2.87. The number of hydrogen-bond donors (Lipinski definition) is 4. The summed E-state index contributed by atoms with van der Waals surface area (Å²) in [6.45, 7) is 2.82. The second-order valence-corrected chi connectivity index (χ2v) is 6.68. The normalized spacial score (nSPS) is 15.5. The molecule has 1 aromatic carbocycles. The van der Waals surface area contributed by atoms with Gasteiger partial charge in [0.2, 0.25) is 5.95 Å². The Morgan fingerprint density at radius 2 is 2.00 bits per heavy atom. The predicted molar refractivity (Wildman–Crippen MR) is 100 cm³/mol. The fourth-order valence-electron chi connectivity index (χ4n) is 3.31. The van der Waals surface area contributed by atoms with Crippen LogP contribution in [0.25, 0.3) is 11.0 Å². The van der Waals surface area contributed by atoms with Gasteiger partial charge in [-0.05, 0) is 36.5 Å². The summed E-state index contributed by atoms with van der Waals surface area (Å²) >= 11 is 0. The van der Waals surface area contributed by atoms with Crippen LogP contribution in [0.2, 0.25) is 0 Å². The van der Waals surface area contributed by atoms with E-state index < -0.39 is 0 Å². The van der Waals surface area contributed by atoms with Crippen molar-refractivity contribution in [3.8, 4) is 0 Å². The Morgan fingerprint density at radius 1 is 1.23 bits per heavy atom. The number of nitrogens with one attached hydrogen (secondary N) is 3. The molecule has 1 aliphatic heterocycles. The quantitative estimate of drug-likeness (QED) is 0.552. The summed E-state index contributed by atoms with van der Waals surface area (Å²) in [5.74, 6) is 0.860. The molecule has 4 rings (SSSR count). The average molecular weight is 354 g/mol. The summed E-state index contributed by atoms with van der Waals surface area (Å²) in [7, 11) is 0. The monoisotopic (exact) mass is 354 g/mol. The van der Waals surface area contributed by atoms with Crippen LogP contribution in [0, 0.1) is 5.92 Å². The van der Waals surface area contributed by atoms with E-state index in [-0.39, 0.29) is 5.56 Å². The van der Waals surface area contributed by atoms with Crippen molar-refractivity contribution in [1.82, 2.24) is 20.2 Å². The lowest BCUT2D eigenvalue weighted by Crippen LogP contribution is -2.34. The van der Waals surface area contributed by atoms with E-state index >= 15 is 0 Å². The maximum absolute atomic E-state index is 11.9. The van der Waals surface area contributed by atoms with Crippen molar-refractivity contribution < 1.29 is 5.11 Å². The number of piperidine rings is 1. The molecule has 1 aliphatic rings. The average Bonchev–Trinajstić information content (AvgIpc) is 3.16. The van der Waals surface area contributed by atoms with Crippen molar-refractivity contribution in [2.75, 3.05) is 29.9 Å². The number of anilines is 2. The molecule has 0 radical (unpaired) electrons. The zero-order valence-electron chi connectivity index (χ0n) is 14.4. The maximum atomic E-state index is 11.9. The molecule has 1 saturated heterocycles. The van der Waals surface area contributed by atoms with E-state index in [0.29, 0.717) is 36.1 Å². The first-order valence-electron chi connectivity index (χ1n) is 8.85. The summed E-state index contributed by atoms with van der Waals surface area (Å²) < 4.78 is 0. The first kappa shape index (κ1) is 16.6. The lowest BCUT2D eigenvalue weighted by Gasteiger charge is -2.33. The van der Waals surface area contributed by atoms with E-state index in [1.54, 1.807) is 0 Å². The van der Waals surface area contributed by atoms with E-state index in [1.807, 2.05) is 0 Å². The number of fused-ring (bicyclic) bond motifs is 1. The summed E-state index contributed by atoms with van der Waals surface area (Å²) in [6, 6.07) is 8.38. The van der Waals surface area contributed by atoms with Crippen LogP contribution in [0.1, 0.15) is 18.4 Å². The number of H-pyrrole nitrogens is 2. The Labute approximate surface area is 150 Å². The Balaban J connectivity index is 1.39. The first-order valence-corrected chi connectivity index (χ1v) is 8.85. The second kappa shape index (κ2) is 7.17. The zero-order chi connectivity index (χ0) is 17.9. The molecule has 0 atom stereocenters. The van der Waals surface area contributed by atoms with Crippen LogP contribution in [-0.4, -0.2) is 45.0 Å². The van der Waals surface area contributed by atoms with E-state index in [0.717, 1.165) is 31.5 Å². The van der Waals surface area contributed by atoms with Gasteiger partial charge in [-0.15, -0.1) is 0 Å². The van der Waals surface area contributed by atoms with Crippen molar-refractivity contribution in [3.63, 3.8) is 0 Å². The summed E-state index contributed by atoms with van der Waals surface area (Å²) in [6.07, 6.45) is 3.54. The fraction of sp³-hybridized carbons (Fsp3) is 0.389. The van der Waals surface area contributed by atoms with Crippen molar-refractivity contribution in [1.29, 1.82) is 0 Å². The number of aromatic nitrogens is 4. The minimum atomic E-state index is -0.215. The maximum Gasteiger partial charge on any atom is 0.263 e. The van der Waals surface area contributed by atoms with Crippen LogP contribution in [0.15, 0.2) is 35.3 Å². The summed E-state index contributed by atoms with van der Waals surface area (Å²) in [5, 5.41) is 19.4. The molecule has 0 amide bonds. The van der Waals surface area contributed by atoms with Crippen LogP contribution in [-0.2, 0) is 6.54 Å². The van der Waals surface area contributed by atoms with Crippen molar-refractivity contribution in [2.45, 2.75) is 19.4 Å². The molecule has 0 aliphatic carbocycles. The Kier molecular flexibility index (Phi) is 4.57. The van der Waals surface area contributed by atoms with Gasteiger partial charge in [-0.25, -0.2) is 0 Å². The lowest BCUT2D eigenvalue weighted by atomic mass is 9.97. The first-order chi connectivity index (χ1) is 12.7. The number of nitrogens with zero attached hydrogens (tertiary/aromatic N) is 3. The van der Waals surface area contributed by atoms with Crippen LogP contribution in [0.5, 0.6) is 0 Å². The molecule has 0 bridgehead atoms. The van der Waals surface area contributed by atoms with Gasteiger partial charge in [-0.2, -0.15) is 10.1 Å². The van der Waals surface area contributed by atoms with Crippen LogP contribution in [0.4, 0.5) is 11.6 Å². The predicted octanol–water partition coefficient (Wildman–Crippen LogP) is 1.47. The summed E-state index contributed by atoms with van der Waals surface area (Å²) in [5.41, 5.74) is 2.56. The smallest absolute Gasteiger partial charge is 0.263 e. The number of aromatic amines is 2. The van der Waals surface area contributed by atoms with Crippen molar-refractivity contribution >= 4 is 22.7 Å². The van der Waals surface area contributed by atoms with E-state index in [1.165, 1.54) is 11.9 Å². The molecule has 3 heterocycles. The molecule has 0 saturated carbocycles. The Bertz CT molecular complexity index is 925. The highest BCUT2D eigenvalue weighted by atomic mass is 16.3. The van der Waals surface area contributed by atoms with Gasteiger partial charge < -0.3 is 15.3 Å². The number of hydrogen-bond acceptors (Lipinski definition) is 6. The van der Waals surface area contributed by atoms with E-state index in [4.69, 9.17) is 0 Å². The molecule has 8 nitrogen and oxygen atoms in total. The largest absolute Gasteiger partial charge is 0.396 e. The van der Waals surface area contributed by atoms with Gasteiger partial charge in [0.05, 0.1) is 6.20 Å². The third-order valence-corrected chi connectivity index (χ3v) is 4.95. The van der Waals surface area contributed by atoms with Gasteiger partial charge in [0.25, 0.3) is 5.56 Å². The highest BCUT2D eigenvalue weighted by Gasteiger charge is 2.18. The minimum absolute atomic E-state index is 0.215. The van der Waals surface area contributed by atoms with Gasteiger partial charge in [0.1, 0.15) is 5.39 Å². The Morgan fingerprint density at radius 3 is 2.73 bits per heavy atom. The van der Waals surface area contributed by atoms with Gasteiger partial charge in [0.15, 0.2) is 5.65 Å². The van der Waals surface area contributed by atoms with Crippen molar-refractivity contribution in [2.24, 2.45) is 5.92 Å². The zero-order valence-corrected chi connectivity index (χ0v) is 14.4. The molecule has 4 N–H and O–H groups in total. The van der Waals surface area contributed by atoms with Gasteiger partial charge in [0, 0.05) is 31.9 Å². The minimum Gasteiger partial charge on any atom is -0.396 e.